The third kappa shape index (κ3) is 2.07. The van der Waals surface area contributed by atoms with Crippen LogP contribution in [0.25, 0.3) is 0 Å². The van der Waals surface area contributed by atoms with Crippen LogP contribution < -0.4 is 0 Å². The molecule has 0 aromatic heterocycles. The van der Waals surface area contributed by atoms with Crippen LogP contribution in [-0.2, 0) is 22.3 Å². The number of benzene rings is 1. The minimum absolute atomic E-state index is 0.244. The van der Waals surface area contributed by atoms with E-state index in [4.69, 9.17) is 14.6 Å². The molecule has 1 heterocycles. The van der Waals surface area contributed by atoms with Crippen LogP contribution in [0.3, 0.4) is 0 Å². The van der Waals surface area contributed by atoms with Crippen molar-refractivity contribution in [1.29, 1.82) is 0 Å². The van der Waals surface area contributed by atoms with Crippen LogP contribution in [0.4, 0.5) is 0 Å². The molecule has 1 aromatic carbocycles. The fourth-order valence-corrected chi connectivity index (χ4v) is 3.23. The summed E-state index contributed by atoms with van der Waals surface area (Å²) in [6.45, 7) is 1.63. The van der Waals surface area contributed by atoms with Crippen LogP contribution >= 0.6 is 0 Å². The molecule has 0 saturated carbocycles. The molecule has 1 atom stereocenters. The molecule has 3 rings (SSSR count). The first-order chi connectivity index (χ1) is 8.84. The maximum atomic E-state index is 9.04. The van der Waals surface area contributed by atoms with Crippen molar-refractivity contribution in [3.63, 3.8) is 0 Å². The molecule has 98 valence electrons. The third-order valence-electron chi connectivity index (χ3n) is 4.13. The van der Waals surface area contributed by atoms with Gasteiger partial charge in [-0.05, 0) is 30.4 Å². The molecule has 1 aromatic rings. The first-order valence-electron chi connectivity index (χ1n) is 6.80. The van der Waals surface area contributed by atoms with Crippen LogP contribution in [0.2, 0.25) is 0 Å². The summed E-state index contributed by atoms with van der Waals surface area (Å²) in [5.41, 5.74) is 2.75. The van der Waals surface area contributed by atoms with E-state index in [0.29, 0.717) is 19.1 Å². The number of fused-ring (bicyclic) bond motifs is 1. The first kappa shape index (κ1) is 12.2. The Labute approximate surface area is 108 Å². The predicted octanol–water partition coefficient (Wildman–Crippen LogP) is 1.92. The summed E-state index contributed by atoms with van der Waals surface area (Å²) in [4.78, 5) is 0. The first-order valence-corrected chi connectivity index (χ1v) is 6.80. The van der Waals surface area contributed by atoms with Gasteiger partial charge in [0.25, 0.3) is 0 Å². The second-order valence-electron chi connectivity index (χ2n) is 5.22. The average Bonchev–Trinajstić information content (AvgIpc) is 2.85. The van der Waals surface area contributed by atoms with E-state index < -0.39 is 5.79 Å². The minimum Gasteiger partial charge on any atom is -0.396 e. The van der Waals surface area contributed by atoms with Crippen molar-refractivity contribution in [2.24, 2.45) is 5.92 Å². The van der Waals surface area contributed by atoms with E-state index in [2.05, 4.69) is 24.3 Å². The Morgan fingerprint density at radius 3 is 2.61 bits per heavy atom. The highest BCUT2D eigenvalue weighted by molar-refractivity contribution is 5.32. The second kappa shape index (κ2) is 5.00. The lowest BCUT2D eigenvalue weighted by atomic mass is 9.77. The summed E-state index contributed by atoms with van der Waals surface area (Å²) in [6, 6.07) is 8.54. The van der Waals surface area contributed by atoms with Gasteiger partial charge in [0.2, 0.25) is 0 Å². The summed E-state index contributed by atoms with van der Waals surface area (Å²) < 4.78 is 11.9. The highest BCUT2D eigenvalue weighted by Gasteiger charge is 2.46. The molecule has 1 aliphatic carbocycles. The van der Waals surface area contributed by atoms with E-state index >= 15 is 0 Å². The summed E-state index contributed by atoms with van der Waals surface area (Å²) >= 11 is 0. The van der Waals surface area contributed by atoms with Crippen molar-refractivity contribution in [3.8, 4) is 0 Å². The van der Waals surface area contributed by atoms with Crippen molar-refractivity contribution in [3.05, 3.63) is 35.4 Å². The lowest BCUT2D eigenvalue weighted by Gasteiger charge is -2.40. The molecule has 3 heteroatoms. The average molecular weight is 248 g/mol. The number of rotatable bonds is 3. The minimum atomic E-state index is -0.427. The molecule has 0 unspecified atom stereocenters. The molecule has 0 radical (unpaired) electrons. The highest BCUT2D eigenvalue weighted by Crippen LogP contribution is 2.41. The molecule has 3 nitrogen and oxygen atoms in total. The van der Waals surface area contributed by atoms with Gasteiger partial charge in [0.15, 0.2) is 5.79 Å². The Balaban J connectivity index is 1.87. The molecular weight excluding hydrogens is 228 g/mol. The Morgan fingerprint density at radius 2 is 1.89 bits per heavy atom. The predicted molar refractivity (Wildman–Crippen MR) is 68.3 cm³/mol. The maximum absolute atomic E-state index is 9.04. The molecular formula is C15H20O3. The molecule has 1 N–H and O–H groups in total. The Kier molecular flexibility index (Phi) is 3.37. The fourth-order valence-electron chi connectivity index (χ4n) is 3.23. The fraction of sp³-hybridized carbons (Fsp3) is 0.600. The van der Waals surface area contributed by atoms with E-state index in [1.807, 2.05) is 0 Å². The quantitative estimate of drug-likeness (QED) is 0.888. The van der Waals surface area contributed by atoms with Gasteiger partial charge in [-0.15, -0.1) is 0 Å². The van der Waals surface area contributed by atoms with Crippen LogP contribution in [0, 0.1) is 5.92 Å². The molecule has 1 saturated heterocycles. The monoisotopic (exact) mass is 248 g/mol. The third-order valence-corrected chi connectivity index (χ3v) is 4.13. The van der Waals surface area contributed by atoms with Gasteiger partial charge < -0.3 is 14.6 Å². The van der Waals surface area contributed by atoms with E-state index in [0.717, 1.165) is 25.7 Å². The Bertz CT molecular complexity index is 410. The zero-order valence-corrected chi connectivity index (χ0v) is 10.6. The van der Waals surface area contributed by atoms with Crippen LogP contribution in [0.1, 0.15) is 24.0 Å². The van der Waals surface area contributed by atoms with Gasteiger partial charge in [-0.2, -0.15) is 0 Å². The van der Waals surface area contributed by atoms with Crippen molar-refractivity contribution in [2.75, 3.05) is 19.8 Å². The smallest absolute Gasteiger partial charge is 0.175 e. The molecule has 0 amide bonds. The molecule has 0 bridgehead atoms. The molecule has 1 fully saturated rings. The Morgan fingerprint density at radius 1 is 1.17 bits per heavy atom. The Hall–Kier alpha value is -0.900. The van der Waals surface area contributed by atoms with E-state index in [1.54, 1.807) is 0 Å². The molecule has 1 aliphatic heterocycles. The normalized spacial score (nSPS) is 25.3. The van der Waals surface area contributed by atoms with E-state index in [1.165, 1.54) is 11.1 Å². The zero-order valence-electron chi connectivity index (χ0n) is 10.6. The number of hydrogen-bond donors (Lipinski definition) is 1. The van der Waals surface area contributed by atoms with E-state index in [9.17, 15) is 0 Å². The number of aliphatic hydroxyl groups excluding tert-OH is 1. The summed E-state index contributed by atoms with van der Waals surface area (Å²) in [7, 11) is 0. The largest absolute Gasteiger partial charge is 0.396 e. The van der Waals surface area contributed by atoms with Gasteiger partial charge in [0.05, 0.1) is 13.2 Å². The maximum Gasteiger partial charge on any atom is 0.175 e. The van der Waals surface area contributed by atoms with Gasteiger partial charge in [0, 0.05) is 18.9 Å². The lowest BCUT2D eigenvalue weighted by molar-refractivity contribution is -0.200. The van der Waals surface area contributed by atoms with Crippen LogP contribution in [0.5, 0.6) is 0 Å². The number of aliphatic hydroxyl groups is 1. The van der Waals surface area contributed by atoms with Crippen molar-refractivity contribution in [2.45, 2.75) is 31.5 Å². The van der Waals surface area contributed by atoms with Gasteiger partial charge in [-0.25, -0.2) is 0 Å². The highest BCUT2D eigenvalue weighted by atomic mass is 16.7. The summed E-state index contributed by atoms with van der Waals surface area (Å²) in [5.74, 6) is -0.0641. The molecule has 1 spiro atoms. The van der Waals surface area contributed by atoms with Crippen molar-refractivity contribution in [1.82, 2.24) is 0 Å². The molecule has 2 aliphatic rings. The summed E-state index contributed by atoms with van der Waals surface area (Å²) in [5, 5.41) is 9.04. The van der Waals surface area contributed by atoms with Crippen molar-refractivity contribution < 1.29 is 14.6 Å². The SMILES string of the molecule is OCCC[C@@H]1Cc2ccccc2CC12OCCO2. The van der Waals surface area contributed by atoms with Gasteiger partial charge in [0.1, 0.15) is 0 Å². The van der Waals surface area contributed by atoms with Gasteiger partial charge >= 0.3 is 0 Å². The van der Waals surface area contributed by atoms with Crippen LogP contribution in [-0.4, -0.2) is 30.7 Å². The van der Waals surface area contributed by atoms with Crippen molar-refractivity contribution >= 4 is 0 Å². The van der Waals surface area contributed by atoms with Gasteiger partial charge in [-0.1, -0.05) is 24.3 Å². The number of ether oxygens (including phenoxy) is 2. The molecule has 18 heavy (non-hydrogen) atoms. The topological polar surface area (TPSA) is 38.7 Å². The summed E-state index contributed by atoms with van der Waals surface area (Å²) in [6.07, 6.45) is 3.63. The zero-order chi connectivity index (χ0) is 12.4. The number of hydrogen-bond acceptors (Lipinski definition) is 3. The van der Waals surface area contributed by atoms with E-state index in [-0.39, 0.29) is 6.61 Å². The van der Waals surface area contributed by atoms with Crippen LogP contribution in [0.15, 0.2) is 24.3 Å². The standard InChI is InChI=1S/C15H20O3/c16-7-3-6-14-10-12-4-1-2-5-13(12)11-15(14)17-8-9-18-15/h1-2,4-5,14,16H,3,6-11H2/t14-/m1/s1. The second-order valence-corrected chi connectivity index (χ2v) is 5.22. The van der Waals surface area contributed by atoms with Gasteiger partial charge in [-0.3, -0.25) is 0 Å². The lowest BCUT2D eigenvalue weighted by Crippen LogP contribution is -2.45.